The van der Waals surface area contributed by atoms with Gasteiger partial charge in [0, 0.05) is 30.8 Å². The largest absolute Gasteiger partial charge is 0.492 e. The van der Waals surface area contributed by atoms with E-state index in [-0.39, 0.29) is 11.5 Å². The number of nitrogens with zero attached hydrogens (tertiary/aromatic N) is 1. The van der Waals surface area contributed by atoms with Crippen molar-refractivity contribution in [1.82, 2.24) is 4.90 Å². The minimum atomic E-state index is -0.256. The summed E-state index contributed by atoms with van der Waals surface area (Å²) >= 11 is 0. The van der Waals surface area contributed by atoms with Gasteiger partial charge in [0.15, 0.2) is 0 Å². The zero-order valence-corrected chi connectivity index (χ0v) is 21.7. The molecule has 1 aromatic carbocycles. The van der Waals surface area contributed by atoms with Gasteiger partial charge < -0.3 is 9.47 Å². The molecule has 1 aliphatic heterocycles. The van der Waals surface area contributed by atoms with Crippen LogP contribution in [0, 0.1) is 11.8 Å². The summed E-state index contributed by atoms with van der Waals surface area (Å²) in [5.74, 6) is 2.05. The van der Waals surface area contributed by atoms with Crippen LogP contribution in [0.15, 0.2) is 36.1 Å². The third-order valence-corrected chi connectivity index (χ3v) is 8.41. The Morgan fingerprint density at radius 1 is 1.03 bits per heavy atom. The Balaban J connectivity index is 1.27. The fourth-order valence-corrected chi connectivity index (χ4v) is 5.91. The van der Waals surface area contributed by atoms with E-state index >= 15 is 0 Å². The van der Waals surface area contributed by atoms with Crippen LogP contribution in [0.3, 0.4) is 0 Å². The molecule has 1 saturated heterocycles. The van der Waals surface area contributed by atoms with Crippen LogP contribution in [0.2, 0.25) is 0 Å². The number of likely N-dealkylation sites (tertiary alicyclic amines) is 1. The van der Waals surface area contributed by atoms with Crippen molar-refractivity contribution in [3.8, 4) is 5.75 Å². The summed E-state index contributed by atoms with van der Waals surface area (Å²) in [7, 11) is 0. The van der Waals surface area contributed by atoms with Crippen molar-refractivity contribution >= 4 is 5.78 Å². The minimum Gasteiger partial charge on any atom is -0.492 e. The molecule has 0 aromatic heterocycles. The molecule has 3 atom stereocenters. The molecule has 0 spiro atoms. The molecule has 0 bridgehead atoms. The van der Waals surface area contributed by atoms with E-state index in [1.807, 2.05) is 13.2 Å². The molecule has 2 saturated carbocycles. The van der Waals surface area contributed by atoms with Crippen LogP contribution in [0.4, 0.5) is 0 Å². The molecule has 4 rings (SSSR count). The fourth-order valence-electron chi connectivity index (χ4n) is 5.91. The van der Waals surface area contributed by atoms with Gasteiger partial charge in [0.1, 0.15) is 23.7 Å². The first-order chi connectivity index (χ1) is 16.5. The standard InChI is InChI=1S/C30H45NO3/c1-23(20-29(32)26-11-7-5-4-6-8-12-26)22-34-30(21-24(30)2)27-13-15-28(16-14-27)33-19-18-31-17-9-10-25(31)3/h13-16,22,24-26H,4-12,17-21H2,1-3H3/b23-22+. The molecular weight excluding hydrogens is 422 g/mol. The monoisotopic (exact) mass is 467 g/mol. The first kappa shape index (κ1) is 25.3. The highest BCUT2D eigenvalue weighted by molar-refractivity contribution is 5.83. The highest BCUT2D eigenvalue weighted by Crippen LogP contribution is 2.55. The molecule has 1 heterocycles. The number of allylic oxidation sites excluding steroid dienone is 1. The van der Waals surface area contributed by atoms with E-state index in [1.54, 1.807) is 0 Å². The molecule has 188 valence electrons. The van der Waals surface area contributed by atoms with Gasteiger partial charge in [-0.3, -0.25) is 9.69 Å². The summed E-state index contributed by atoms with van der Waals surface area (Å²) in [4.78, 5) is 15.4. The van der Waals surface area contributed by atoms with Crippen molar-refractivity contribution < 1.29 is 14.3 Å². The first-order valence-corrected chi connectivity index (χ1v) is 13.8. The number of ketones is 1. The van der Waals surface area contributed by atoms with Gasteiger partial charge in [-0.05, 0) is 75.8 Å². The smallest absolute Gasteiger partial charge is 0.140 e. The number of hydrogen-bond acceptors (Lipinski definition) is 4. The second-order valence-corrected chi connectivity index (χ2v) is 11.2. The van der Waals surface area contributed by atoms with Crippen molar-refractivity contribution in [1.29, 1.82) is 0 Å². The molecule has 3 unspecified atom stereocenters. The zero-order chi connectivity index (χ0) is 24.0. The predicted molar refractivity (Wildman–Crippen MR) is 138 cm³/mol. The number of Topliss-reactive ketones (excluding diaryl/α,β-unsaturated/α-hetero) is 1. The summed E-state index contributed by atoms with van der Waals surface area (Å²) in [6, 6.07) is 9.14. The quantitative estimate of drug-likeness (QED) is 0.346. The zero-order valence-electron chi connectivity index (χ0n) is 21.7. The second kappa shape index (κ2) is 11.7. The van der Waals surface area contributed by atoms with Crippen LogP contribution in [0.1, 0.15) is 97.0 Å². The lowest BCUT2D eigenvalue weighted by Crippen LogP contribution is -2.31. The van der Waals surface area contributed by atoms with Crippen LogP contribution >= 0.6 is 0 Å². The van der Waals surface area contributed by atoms with Crippen LogP contribution < -0.4 is 4.74 Å². The molecule has 4 nitrogen and oxygen atoms in total. The number of ether oxygens (including phenoxy) is 2. The Labute approximate surface area is 207 Å². The number of rotatable bonds is 10. The van der Waals surface area contributed by atoms with E-state index in [4.69, 9.17) is 9.47 Å². The lowest BCUT2D eigenvalue weighted by atomic mass is 9.86. The first-order valence-electron chi connectivity index (χ1n) is 13.8. The molecule has 3 aliphatic rings. The van der Waals surface area contributed by atoms with Crippen molar-refractivity contribution in [2.75, 3.05) is 19.7 Å². The highest BCUT2D eigenvalue weighted by Gasteiger charge is 2.54. The minimum absolute atomic E-state index is 0.249. The molecular formula is C30H45NO3. The third kappa shape index (κ3) is 6.44. The van der Waals surface area contributed by atoms with Gasteiger partial charge in [-0.25, -0.2) is 0 Å². The van der Waals surface area contributed by atoms with Crippen LogP contribution in [-0.4, -0.2) is 36.4 Å². The summed E-state index contributed by atoms with van der Waals surface area (Å²) in [6.07, 6.45) is 14.5. The fraction of sp³-hybridized carbons (Fsp3) is 0.700. The molecule has 2 aliphatic carbocycles. The van der Waals surface area contributed by atoms with E-state index in [0.717, 1.165) is 43.7 Å². The predicted octanol–water partition coefficient (Wildman–Crippen LogP) is 7.02. The average molecular weight is 468 g/mol. The van der Waals surface area contributed by atoms with Crippen molar-refractivity contribution in [3.63, 3.8) is 0 Å². The van der Waals surface area contributed by atoms with E-state index in [2.05, 4.69) is 43.0 Å². The van der Waals surface area contributed by atoms with Crippen molar-refractivity contribution in [2.45, 2.75) is 103 Å². The summed E-state index contributed by atoms with van der Waals surface area (Å²) in [5.41, 5.74) is 1.99. The second-order valence-electron chi connectivity index (χ2n) is 11.2. The van der Waals surface area contributed by atoms with Gasteiger partial charge in [0.2, 0.25) is 0 Å². The summed E-state index contributed by atoms with van der Waals surface area (Å²) in [5, 5.41) is 0. The van der Waals surface area contributed by atoms with Crippen LogP contribution in [0.25, 0.3) is 0 Å². The van der Waals surface area contributed by atoms with Crippen LogP contribution in [0.5, 0.6) is 5.75 Å². The molecule has 0 amide bonds. The van der Waals surface area contributed by atoms with Gasteiger partial charge in [-0.1, -0.05) is 51.2 Å². The van der Waals surface area contributed by atoms with E-state index in [1.165, 1.54) is 57.1 Å². The number of carbonyl (C=O) groups excluding carboxylic acids is 1. The molecule has 4 heteroatoms. The third-order valence-electron chi connectivity index (χ3n) is 8.41. The van der Waals surface area contributed by atoms with E-state index in [9.17, 15) is 4.79 Å². The lowest BCUT2D eigenvalue weighted by Gasteiger charge is -2.21. The normalized spacial score (nSPS) is 28.9. The maximum Gasteiger partial charge on any atom is 0.140 e. The van der Waals surface area contributed by atoms with Crippen LogP contribution in [-0.2, 0) is 15.1 Å². The van der Waals surface area contributed by atoms with Gasteiger partial charge in [0.25, 0.3) is 0 Å². The SMILES string of the molecule is C/C(=C\OC1(c2ccc(OCCN3CCCC3C)cc2)CC1C)CC(=O)C1CCCCCCC1. The Hall–Kier alpha value is -1.81. The topological polar surface area (TPSA) is 38.8 Å². The molecule has 0 radical (unpaired) electrons. The summed E-state index contributed by atoms with van der Waals surface area (Å²) < 4.78 is 12.4. The average Bonchev–Trinajstić information content (AvgIpc) is 3.29. The van der Waals surface area contributed by atoms with Gasteiger partial charge in [-0.2, -0.15) is 0 Å². The number of hydrogen-bond donors (Lipinski definition) is 0. The molecule has 34 heavy (non-hydrogen) atoms. The number of carbonyl (C=O) groups is 1. The Bertz CT molecular complexity index is 824. The highest BCUT2D eigenvalue weighted by atomic mass is 16.5. The van der Waals surface area contributed by atoms with Crippen molar-refractivity contribution in [3.05, 3.63) is 41.7 Å². The molecule has 0 N–H and O–H groups in total. The maximum atomic E-state index is 12.9. The van der Waals surface area contributed by atoms with Gasteiger partial charge in [-0.15, -0.1) is 0 Å². The Morgan fingerprint density at radius 2 is 1.71 bits per heavy atom. The maximum absolute atomic E-state index is 12.9. The van der Waals surface area contributed by atoms with Crippen molar-refractivity contribution in [2.24, 2.45) is 11.8 Å². The number of benzene rings is 1. The molecule has 1 aromatic rings. The lowest BCUT2D eigenvalue weighted by molar-refractivity contribution is -0.122. The van der Waals surface area contributed by atoms with E-state index in [0.29, 0.717) is 24.2 Å². The Kier molecular flexibility index (Phi) is 8.74. The molecule has 3 fully saturated rings. The Morgan fingerprint density at radius 3 is 2.32 bits per heavy atom. The summed E-state index contributed by atoms with van der Waals surface area (Å²) in [6.45, 7) is 9.52. The van der Waals surface area contributed by atoms with Gasteiger partial charge in [0.05, 0.1) is 6.26 Å². The van der Waals surface area contributed by atoms with E-state index < -0.39 is 0 Å². The van der Waals surface area contributed by atoms with Gasteiger partial charge >= 0.3 is 0 Å².